The summed E-state index contributed by atoms with van der Waals surface area (Å²) >= 11 is 3.41. The van der Waals surface area contributed by atoms with Crippen LogP contribution in [0.15, 0.2) is 71.2 Å². The Balaban J connectivity index is 1.57. The minimum Gasteiger partial charge on any atom is -0.322 e. The molecule has 31 heavy (non-hydrogen) atoms. The van der Waals surface area contributed by atoms with E-state index in [-0.39, 0.29) is 5.91 Å². The van der Waals surface area contributed by atoms with Crippen LogP contribution in [0.3, 0.4) is 0 Å². The SMILES string of the molecule is Cc1ccc(-c2nnc3c4ccccc4c(C)nn23)cc1NC(=O)c1cccc(Br)c1. The van der Waals surface area contributed by atoms with Crippen LogP contribution in [-0.2, 0) is 0 Å². The molecule has 0 saturated carbocycles. The summed E-state index contributed by atoms with van der Waals surface area (Å²) in [6.07, 6.45) is 0. The highest BCUT2D eigenvalue weighted by Gasteiger charge is 2.16. The third-order valence-corrected chi connectivity index (χ3v) is 5.77. The van der Waals surface area contributed by atoms with Gasteiger partial charge in [0, 0.05) is 32.1 Å². The summed E-state index contributed by atoms with van der Waals surface area (Å²) in [4.78, 5) is 12.7. The molecule has 2 heterocycles. The van der Waals surface area contributed by atoms with Crippen LogP contribution in [0.2, 0.25) is 0 Å². The normalized spacial score (nSPS) is 11.2. The lowest BCUT2D eigenvalue weighted by Gasteiger charge is -2.11. The lowest BCUT2D eigenvalue weighted by molar-refractivity contribution is 0.102. The van der Waals surface area contributed by atoms with E-state index in [4.69, 9.17) is 5.10 Å². The lowest BCUT2D eigenvalue weighted by atomic mass is 10.1. The summed E-state index contributed by atoms with van der Waals surface area (Å²) in [5, 5.41) is 18.6. The van der Waals surface area contributed by atoms with E-state index < -0.39 is 0 Å². The molecule has 0 radical (unpaired) electrons. The van der Waals surface area contributed by atoms with Crippen molar-refractivity contribution in [1.29, 1.82) is 0 Å². The van der Waals surface area contributed by atoms with Crippen LogP contribution in [-0.4, -0.2) is 25.7 Å². The topological polar surface area (TPSA) is 72.2 Å². The minimum absolute atomic E-state index is 0.174. The van der Waals surface area contributed by atoms with Crippen molar-refractivity contribution in [1.82, 2.24) is 19.8 Å². The predicted octanol–water partition coefficient (Wildman–Crippen LogP) is 5.58. The number of aryl methyl sites for hydroxylation is 2. The van der Waals surface area contributed by atoms with Crippen molar-refractivity contribution in [2.45, 2.75) is 13.8 Å². The lowest BCUT2D eigenvalue weighted by Crippen LogP contribution is -2.13. The number of benzene rings is 3. The summed E-state index contributed by atoms with van der Waals surface area (Å²) < 4.78 is 2.62. The molecule has 0 unspecified atom stereocenters. The third-order valence-electron chi connectivity index (χ3n) is 5.28. The molecule has 0 saturated heterocycles. The number of amides is 1. The second-order valence-electron chi connectivity index (χ2n) is 7.38. The fraction of sp³-hybridized carbons (Fsp3) is 0.0833. The van der Waals surface area contributed by atoms with Crippen LogP contribution in [0.5, 0.6) is 0 Å². The average molecular weight is 472 g/mol. The van der Waals surface area contributed by atoms with Crippen molar-refractivity contribution < 1.29 is 4.79 Å². The highest BCUT2D eigenvalue weighted by molar-refractivity contribution is 9.10. The van der Waals surface area contributed by atoms with E-state index >= 15 is 0 Å². The molecule has 5 aromatic rings. The van der Waals surface area contributed by atoms with Crippen molar-refractivity contribution in [3.8, 4) is 11.4 Å². The number of aromatic nitrogens is 4. The zero-order chi connectivity index (χ0) is 21.5. The molecule has 0 spiro atoms. The smallest absolute Gasteiger partial charge is 0.255 e. The summed E-state index contributed by atoms with van der Waals surface area (Å²) in [7, 11) is 0. The van der Waals surface area contributed by atoms with Gasteiger partial charge in [0.25, 0.3) is 5.91 Å². The maximum Gasteiger partial charge on any atom is 0.255 e. The number of hydrogen-bond donors (Lipinski definition) is 1. The standard InChI is InChI=1S/C24H18BrN5O/c1-14-10-11-16(13-21(14)26-24(31)17-6-5-7-18(25)12-17)22-27-28-23-20-9-4-3-8-19(20)15(2)29-30(22)23/h3-13H,1-2H3,(H,26,31). The van der Waals surface area contributed by atoms with Crippen molar-refractivity contribution >= 4 is 43.9 Å². The Bertz CT molecular complexity index is 1470. The quantitative estimate of drug-likeness (QED) is 0.372. The molecule has 0 atom stereocenters. The van der Waals surface area contributed by atoms with E-state index in [0.717, 1.165) is 37.8 Å². The van der Waals surface area contributed by atoms with Crippen molar-refractivity contribution in [3.63, 3.8) is 0 Å². The fourth-order valence-corrected chi connectivity index (χ4v) is 4.04. The van der Waals surface area contributed by atoms with Gasteiger partial charge in [-0.1, -0.05) is 58.4 Å². The number of nitrogens with one attached hydrogen (secondary N) is 1. The first-order valence-electron chi connectivity index (χ1n) is 9.80. The van der Waals surface area contributed by atoms with E-state index in [2.05, 4.69) is 31.4 Å². The van der Waals surface area contributed by atoms with Gasteiger partial charge in [0.15, 0.2) is 11.5 Å². The summed E-state index contributed by atoms with van der Waals surface area (Å²) in [5.74, 6) is 0.453. The molecule has 152 valence electrons. The van der Waals surface area contributed by atoms with E-state index in [9.17, 15) is 4.79 Å². The Hall–Kier alpha value is -3.58. The van der Waals surface area contributed by atoms with Crippen LogP contribution in [0.25, 0.3) is 27.8 Å². The number of carbonyl (C=O) groups is 1. The van der Waals surface area contributed by atoms with Gasteiger partial charge in [0.05, 0.1) is 5.69 Å². The van der Waals surface area contributed by atoms with Crippen LogP contribution in [0, 0.1) is 13.8 Å². The number of nitrogens with zero attached hydrogens (tertiary/aromatic N) is 4. The molecule has 7 heteroatoms. The van der Waals surface area contributed by atoms with Gasteiger partial charge in [-0.3, -0.25) is 4.79 Å². The zero-order valence-electron chi connectivity index (χ0n) is 16.9. The molecular weight excluding hydrogens is 454 g/mol. The number of fused-ring (bicyclic) bond motifs is 3. The van der Waals surface area contributed by atoms with Gasteiger partial charge in [0.1, 0.15) is 0 Å². The molecule has 0 bridgehead atoms. The van der Waals surface area contributed by atoms with Crippen LogP contribution < -0.4 is 5.32 Å². The Morgan fingerprint density at radius 3 is 2.55 bits per heavy atom. The van der Waals surface area contributed by atoms with E-state index in [1.165, 1.54) is 0 Å². The fourth-order valence-electron chi connectivity index (χ4n) is 3.64. The zero-order valence-corrected chi connectivity index (χ0v) is 18.5. The van der Waals surface area contributed by atoms with Gasteiger partial charge >= 0.3 is 0 Å². The van der Waals surface area contributed by atoms with Crippen molar-refractivity contribution in [2.24, 2.45) is 0 Å². The van der Waals surface area contributed by atoms with Gasteiger partial charge in [-0.05, 0) is 43.7 Å². The van der Waals surface area contributed by atoms with Crippen molar-refractivity contribution in [2.75, 3.05) is 5.32 Å². The third kappa shape index (κ3) is 3.47. The Labute approximate surface area is 187 Å². The Morgan fingerprint density at radius 1 is 0.935 bits per heavy atom. The average Bonchev–Trinajstić information content (AvgIpc) is 3.19. The van der Waals surface area contributed by atoms with Crippen LogP contribution in [0.4, 0.5) is 5.69 Å². The first-order valence-corrected chi connectivity index (χ1v) is 10.6. The van der Waals surface area contributed by atoms with Gasteiger partial charge in [-0.2, -0.15) is 9.61 Å². The molecule has 0 aliphatic heterocycles. The Morgan fingerprint density at radius 2 is 1.74 bits per heavy atom. The second-order valence-corrected chi connectivity index (χ2v) is 8.30. The summed E-state index contributed by atoms with van der Waals surface area (Å²) in [6.45, 7) is 3.93. The molecule has 6 nitrogen and oxygen atoms in total. The van der Waals surface area contributed by atoms with E-state index in [1.807, 2.05) is 68.4 Å². The molecule has 3 aromatic carbocycles. The maximum absolute atomic E-state index is 12.7. The molecule has 0 fully saturated rings. The first-order chi connectivity index (χ1) is 15.0. The number of carbonyl (C=O) groups excluding carboxylic acids is 1. The number of halogens is 1. The molecule has 5 rings (SSSR count). The second kappa shape index (κ2) is 7.59. The number of anilines is 1. The van der Waals surface area contributed by atoms with Gasteiger partial charge in [0.2, 0.25) is 0 Å². The molecule has 0 aliphatic carbocycles. The van der Waals surface area contributed by atoms with Crippen LogP contribution in [0.1, 0.15) is 21.6 Å². The molecular formula is C24H18BrN5O. The van der Waals surface area contributed by atoms with Gasteiger partial charge < -0.3 is 5.32 Å². The van der Waals surface area contributed by atoms with Gasteiger partial charge in [-0.15, -0.1) is 10.2 Å². The Kier molecular flexibility index (Phi) is 4.75. The maximum atomic E-state index is 12.7. The van der Waals surface area contributed by atoms with Crippen molar-refractivity contribution in [3.05, 3.63) is 88.0 Å². The monoisotopic (exact) mass is 471 g/mol. The summed E-state index contributed by atoms with van der Waals surface area (Å²) in [6, 6.07) is 21.2. The molecule has 1 N–H and O–H groups in total. The van der Waals surface area contributed by atoms with Gasteiger partial charge in [-0.25, -0.2) is 0 Å². The first kappa shape index (κ1) is 19.4. The molecule has 2 aromatic heterocycles. The summed E-state index contributed by atoms with van der Waals surface area (Å²) in [5.41, 5.74) is 4.68. The highest BCUT2D eigenvalue weighted by Crippen LogP contribution is 2.28. The number of rotatable bonds is 3. The molecule has 1 amide bonds. The minimum atomic E-state index is -0.174. The van der Waals surface area contributed by atoms with Crippen LogP contribution >= 0.6 is 15.9 Å². The van der Waals surface area contributed by atoms with E-state index in [1.54, 1.807) is 16.6 Å². The highest BCUT2D eigenvalue weighted by atomic mass is 79.9. The molecule has 0 aliphatic rings. The predicted molar refractivity (Wildman–Crippen MR) is 125 cm³/mol. The van der Waals surface area contributed by atoms with E-state index in [0.29, 0.717) is 17.0 Å². The number of hydrogen-bond acceptors (Lipinski definition) is 4. The largest absolute Gasteiger partial charge is 0.322 e.